The quantitative estimate of drug-likeness (QED) is 0.348. The number of carbonyl (C=O) groups excluding carboxylic acids is 1. The maximum atomic E-state index is 11.7. The number of pyridine rings is 1. The second-order valence-electron chi connectivity index (χ2n) is 4.31. The van der Waals surface area contributed by atoms with E-state index in [9.17, 15) is 4.79 Å². The number of nitrogens with zero attached hydrogens (tertiary/aromatic N) is 2. The number of rotatable bonds is 4. The van der Waals surface area contributed by atoms with Crippen LogP contribution >= 0.6 is 37.9 Å². The van der Waals surface area contributed by atoms with Crippen LogP contribution in [0, 0.1) is 0 Å². The molecule has 1 heterocycles. The number of benzene rings is 1. The van der Waals surface area contributed by atoms with Crippen LogP contribution in [0.25, 0.3) is 10.9 Å². The molecule has 21 heavy (non-hydrogen) atoms. The van der Waals surface area contributed by atoms with Gasteiger partial charge in [-0.25, -0.2) is 4.79 Å². The van der Waals surface area contributed by atoms with Gasteiger partial charge >= 0.3 is 5.97 Å². The van der Waals surface area contributed by atoms with Crippen LogP contribution in [0.1, 0.15) is 5.56 Å². The van der Waals surface area contributed by atoms with Gasteiger partial charge in [0.15, 0.2) is 6.04 Å². The molecule has 1 aromatic heterocycles. The van der Waals surface area contributed by atoms with Crippen molar-refractivity contribution in [2.75, 3.05) is 7.11 Å². The van der Waals surface area contributed by atoms with Crippen LogP contribution in [0.15, 0.2) is 41.5 Å². The highest BCUT2D eigenvalue weighted by atomic mass is 32.2. The van der Waals surface area contributed by atoms with Crippen molar-refractivity contribution in [2.45, 2.75) is 9.45 Å². The second-order valence-corrected chi connectivity index (χ2v) is 7.49. The molecule has 0 aliphatic carbocycles. The summed E-state index contributed by atoms with van der Waals surface area (Å²) >= 11 is 12.5. The van der Waals surface area contributed by atoms with Gasteiger partial charge in [-0.15, -0.1) is 37.9 Å². The number of aliphatic imine (C=N–C) groups is 1. The lowest BCUT2D eigenvalue weighted by Crippen LogP contribution is -2.33. The normalized spacial score (nSPS) is 13.5. The van der Waals surface area contributed by atoms with E-state index in [0.717, 1.165) is 16.5 Å². The molecule has 0 aliphatic rings. The maximum Gasteiger partial charge on any atom is 0.333 e. The Morgan fingerprint density at radius 2 is 2.05 bits per heavy atom. The fourth-order valence-electron chi connectivity index (χ4n) is 1.82. The Hall–Kier alpha value is -1.18. The summed E-state index contributed by atoms with van der Waals surface area (Å²) in [7, 11) is 1.28. The van der Waals surface area contributed by atoms with Crippen molar-refractivity contribution in [2.24, 2.45) is 4.99 Å². The van der Waals surface area contributed by atoms with E-state index in [1.807, 2.05) is 30.3 Å². The van der Waals surface area contributed by atoms with E-state index >= 15 is 0 Å². The third kappa shape index (κ3) is 3.93. The van der Waals surface area contributed by atoms with E-state index in [0.29, 0.717) is 0 Å². The van der Waals surface area contributed by atoms with Crippen LogP contribution in [0.5, 0.6) is 0 Å². The molecule has 0 fully saturated rings. The molecule has 0 bridgehead atoms. The number of thiol groups is 3. The summed E-state index contributed by atoms with van der Waals surface area (Å²) in [6.07, 6.45) is 3.27. The minimum Gasteiger partial charge on any atom is -0.467 e. The summed E-state index contributed by atoms with van der Waals surface area (Å²) < 4.78 is 3.48. The molecule has 0 saturated heterocycles. The highest BCUT2D eigenvalue weighted by Gasteiger charge is 2.34. The molecular formula is C14H14N2O2S3. The first kappa shape index (κ1) is 16.2. The third-order valence-corrected chi connectivity index (χ3v) is 3.55. The van der Waals surface area contributed by atoms with Crippen molar-refractivity contribution in [1.29, 1.82) is 0 Å². The predicted molar refractivity (Wildman–Crippen MR) is 94.8 cm³/mol. The minimum absolute atomic E-state index is 0.556. The van der Waals surface area contributed by atoms with Gasteiger partial charge in [-0.2, -0.15) is 0 Å². The lowest BCUT2D eigenvalue weighted by molar-refractivity contribution is -0.141. The van der Waals surface area contributed by atoms with Crippen molar-refractivity contribution in [3.8, 4) is 0 Å². The second kappa shape index (κ2) is 6.72. The molecule has 1 aromatic carbocycles. The zero-order valence-electron chi connectivity index (χ0n) is 11.2. The maximum absolute atomic E-state index is 11.7. The van der Waals surface area contributed by atoms with Crippen LogP contribution in [0.3, 0.4) is 0 Å². The lowest BCUT2D eigenvalue weighted by atomic mass is 10.1. The van der Waals surface area contributed by atoms with Crippen LogP contribution in [-0.4, -0.2) is 33.7 Å². The fourth-order valence-corrected chi connectivity index (χ4v) is 2.33. The van der Waals surface area contributed by atoms with Crippen LogP contribution in [0.2, 0.25) is 0 Å². The van der Waals surface area contributed by atoms with Crippen molar-refractivity contribution < 1.29 is 9.53 Å². The van der Waals surface area contributed by atoms with Gasteiger partial charge in [0.1, 0.15) is 3.41 Å². The third-order valence-electron chi connectivity index (χ3n) is 2.82. The SMILES string of the molecule is COC(=O)C(N=Cc1cccc2cccnc12)C(S)(S)S. The topological polar surface area (TPSA) is 51.5 Å². The van der Waals surface area contributed by atoms with Gasteiger partial charge < -0.3 is 4.74 Å². The Morgan fingerprint density at radius 3 is 2.71 bits per heavy atom. The molecule has 0 saturated carbocycles. The van der Waals surface area contributed by atoms with E-state index in [4.69, 9.17) is 4.74 Å². The van der Waals surface area contributed by atoms with E-state index in [-0.39, 0.29) is 0 Å². The number of ether oxygens (including phenoxy) is 1. The summed E-state index contributed by atoms with van der Waals surface area (Å²) in [5, 5.41) is 0.991. The first-order valence-corrected chi connectivity index (χ1v) is 7.39. The Labute approximate surface area is 139 Å². The molecule has 0 aliphatic heterocycles. The van der Waals surface area contributed by atoms with Crippen molar-refractivity contribution in [1.82, 2.24) is 4.98 Å². The average Bonchev–Trinajstić information content (AvgIpc) is 2.46. The Balaban J connectivity index is 2.39. The molecule has 0 radical (unpaired) electrons. The van der Waals surface area contributed by atoms with Gasteiger partial charge in [-0.05, 0) is 6.07 Å². The Kier molecular flexibility index (Phi) is 5.18. The van der Waals surface area contributed by atoms with Crippen LogP contribution in [-0.2, 0) is 9.53 Å². The molecule has 0 N–H and O–H groups in total. The number of fused-ring (bicyclic) bond motifs is 1. The predicted octanol–water partition coefficient (Wildman–Crippen LogP) is 2.64. The van der Waals surface area contributed by atoms with Crippen molar-refractivity contribution in [3.05, 3.63) is 42.1 Å². The van der Waals surface area contributed by atoms with E-state index in [2.05, 4.69) is 47.9 Å². The largest absolute Gasteiger partial charge is 0.467 e. The average molecular weight is 338 g/mol. The molecule has 4 nitrogen and oxygen atoms in total. The summed E-state index contributed by atoms with van der Waals surface area (Å²) in [5.41, 5.74) is 1.59. The fraction of sp³-hybridized carbons (Fsp3) is 0.214. The highest BCUT2D eigenvalue weighted by molar-refractivity contribution is 8.17. The number of para-hydroxylation sites is 1. The molecular weight excluding hydrogens is 324 g/mol. The molecule has 2 rings (SSSR count). The van der Waals surface area contributed by atoms with Gasteiger partial charge in [0.05, 0.1) is 12.6 Å². The van der Waals surface area contributed by atoms with Crippen LogP contribution in [0.4, 0.5) is 0 Å². The Bertz CT molecular complexity index is 678. The summed E-state index contributed by atoms with van der Waals surface area (Å²) in [4.78, 5) is 20.3. The van der Waals surface area contributed by atoms with Crippen LogP contribution < -0.4 is 0 Å². The lowest BCUT2D eigenvalue weighted by Gasteiger charge is -2.21. The zero-order chi connectivity index (χ0) is 15.5. The number of hydrogen-bond donors (Lipinski definition) is 3. The molecule has 0 amide bonds. The van der Waals surface area contributed by atoms with Gasteiger partial charge in [0.25, 0.3) is 0 Å². The molecule has 110 valence electrons. The Morgan fingerprint density at radius 1 is 1.33 bits per heavy atom. The number of esters is 1. The number of methoxy groups -OCH3 is 1. The van der Waals surface area contributed by atoms with E-state index in [1.54, 1.807) is 12.4 Å². The highest BCUT2D eigenvalue weighted by Crippen LogP contribution is 2.31. The summed E-state index contributed by atoms with van der Waals surface area (Å²) in [6, 6.07) is 8.59. The molecule has 1 unspecified atom stereocenters. The first-order chi connectivity index (χ1) is 9.93. The number of carbonyl (C=O) groups is 1. The number of aromatic nitrogens is 1. The standard InChI is InChI=1S/C14H14N2O2S3/c1-18-13(17)12(14(19,20)21)16-8-10-5-2-4-9-6-3-7-15-11(9)10/h2-8,12,19-21H,1H3. The molecule has 0 spiro atoms. The van der Waals surface area contributed by atoms with Gasteiger partial charge in [0.2, 0.25) is 0 Å². The van der Waals surface area contributed by atoms with E-state index in [1.165, 1.54) is 7.11 Å². The minimum atomic E-state index is -1.22. The van der Waals surface area contributed by atoms with Crippen molar-refractivity contribution in [3.63, 3.8) is 0 Å². The molecule has 1 atom stereocenters. The summed E-state index contributed by atoms with van der Waals surface area (Å²) in [5.74, 6) is -0.556. The summed E-state index contributed by atoms with van der Waals surface area (Å²) in [6.45, 7) is 0. The molecule has 2 aromatic rings. The van der Waals surface area contributed by atoms with Gasteiger partial charge in [-0.1, -0.05) is 24.3 Å². The number of hydrogen-bond acceptors (Lipinski definition) is 7. The monoisotopic (exact) mass is 338 g/mol. The van der Waals surface area contributed by atoms with E-state index < -0.39 is 15.4 Å². The zero-order valence-corrected chi connectivity index (χ0v) is 13.9. The smallest absolute Gasteiger partial charge is 0.333 e. The van der Waals surface area contributed by atoms with Gasteiger partial charge in [0, 0.05) is 23.4 Å². The first-order valence-electron chi connectivity index (χ1n) is 6.05. The van der Waals surface area contributed by atoms with Gasteiger partial charge in [-0.3, -0.25) is 9.98 Å². The molecule has 7 heteroatoms. The van der Waals surface area contributed by atoms with Crippen molar-refractivity contribution >= 4 is 61.0 Å².